The maximum atomic E-state index is 11.4. The zero-order chi connectivity index (χ0) is 10.8. The van der Waals surface area contributed by atoms with Crippen LogP contribution < -0.4 is 0 Å². The quantitative estimate of drug-likeness (QED) is 0.807. The molecule has 1 aromatic carbocycles. The predicted molar refractivity (Wildman–Crippen MR) is 63.5 cm³/mol. The molecule has 1 fully saturated rings. The smallest absolute Gasteiger partial charge is 0.222 e. The van der Waals surface area contributed by atoms with Crippen LogP contribution >= 0.6 is 15.9 Å². The van der Waals surface area contributed by atoms with E-state index >= 15 is 0 Å². The number of carbonyl (C=O) groups is 1. The van der Waals surface area contributed by atoms with Crippen LogP contribution in [0.1, 0.15) is 24.0 Å². The van der Waals surface area contributed by atoms with E-state index in [2.05, 4.69) is 41.1 Å². The second-order valence-electron chi connectivity index (χ2n) is 4.00. The van der Waals surface area contributed by atoms with E-state index in [-0.39, 0.29) is 5.91 Å². The van der Waals surface area contributed by atoms with Gasteiger partial charge in [-0.3, -0.25) is 4.79 Å². The van der Waals surface area contributed by atoms with Crippen molar-refractivity contribution in [2.24, 2.45) is 0 Å². The van der Waals surface area contributed by atoms with Crippen LogP contribution in [0, 0.1) is 6.92 Å². The zero-order valence-corrected chi connectivity index (χ0v) is 10.4. The average Bonchev–Trinajstić information content (AvgIpc) is 2.59. The molecule has 80 valence electrons. The van der Waals surface area contributed by atoms with Crippen molar-refractivity contribution in [3.63, 3.8) is 0 Å². The second kappa shape index (κ2) is 4.35. The van der Waals surface area contributed by atoms with Gasteiger partial charge in [0.25, 0.3) is 0 Å². The van der Waals surface area contributed by atoms with Gasteiger partial charge in [0.1, 0.15) is 0 Å². The van der Waals surface area contributed by atoms with Crippen LogP contribution in [-0.4, -0.2) is 17.4 Å². The number of benzene rings is 1. The van der Waals surface area contributed by atoms with Crippen molar-refractivity contribution in [3.05, 3.63) is 33.8 Å². The van der Waals surface area contributed by atoms with Gasteiger partial charge in [-0.15, -0.1) is 0 Å². The number of hydrogen-bond acceptors (Lipinski definition) is 1. The molecule has 0 spiro atoms. The Morgan fingerprint density at radius 3 is 2.87 bits per heavy atom. The van der Waals surface area contributed by atoms with Crippen molar-refractivity contribution in [2.45, 2.75) is 26.3 Å². The highest BCUT2D eigenvalue weighted by molar-refractivity contribution is 9.10. The van der Waals surface area contributed by atoms with E-state index in [1.165, 1.54) is 11.1 Å². The minimum Gasteiger partial charge on any atom is -0.338 e. The van der Waals surface area contributed by atoms with Crippen molar-refractivity contribution >= 4 is 21.8 Å². The van der Waals surface area contributed by atoms with E-state index in [1.807, 2.05) is 4.90 Å². The molecule has 0 radical (unpaired) electrons. The first-order valence-electron chi connectivity index (χ1n) is 5.19. The first-order chi connectivity index (χ1) is 7.16. The molecule has 0 aromatic heterocycles. The summed E-state index contributed by atoms with van der Waals surface area (Å²) in [5.74, 6) is 0.284. The number of nitrogens with zero attached hydrogens (tertiary/aromatic N) is 1. The third-order valence-corrected chi connectivity index (χ3v) is 3.64. The summed E-state index contributed by atoms with van der Waals surface area (Å²) >= 11 is 3.51. The lowest BCUT2D eigenvalue weighted by Crippen LogP contribution is -2.23. The van der Waals surface area contributed by atoms with E-state index in [4.69, 9.17) is 0 Å². The van der Waals surface area contributed by atoms with Crippen molar-refractivity contribution in [1.82, 2.24) is 4.90 Å². The molecule has 3 heteroatoms. The fraction of sp³-hybridized carbons (Fsp3) is 0.417. The van der Waals surface area contributed by atoms with Gasteiger partial charge >= 0.3 is 0 Å². The molecule has 1 amide bonds. The molecule has 0 saturated carbocycles. The Morgan fingerprint density at radius 2 is 2.27 bits per heavy atom. The van der Waals surface area contributed by atoms with Gasteiger partial charge in [-0.2, -0.15) is 0 Å². The van der Waals surface area contributed by atoms with E-state index in [1.54, 1.807) is 0 Å². The van der Waals surface area contributed by atoms with Gasteiger partial charge in [-0.25, -0.2) is 0 Å². The van der Waals surface area contributed by atoms with E-state index in [9.17, 15) is 4.79 Å². The van der Waals surface area contributed by atoms with Gasteiger partial charge in [0, 0.05) is 24.0 Å². The highest BCUT2D eigenvalue weighted by Gasteiger charge is 2.19. The first kappa shape index (κ1) is 10.7. The van der Waals surface area contributed by atoms with Gasteiger partial charge in [0.2, 0.25) is 5.91 Å². The molecule has 0 bridgehead atoms. The minimum atomic E-state index is 0.284. The van der Waals surface area contributed by atoms with Gasteiger partial charge in [0.05, 0.1) is 0 Å². The molecular formula is C12H14BrNO. The maximum absolute atomic E-state index is 11.4. The summed E-state index contributed by atoms with van der Waals surface area (Å²) < 4.78 is 1.12. The Hall–Kier alpha value is -0.830. The minimum absolute atomic E-state index is 0.284. The van der Waals surface area contributed by atoms with Gasteiger partial charge in [0.15, 0.2) is 0 Å². The molecule has 1 heterocycles. The molecule has 1 aliphatic heterocycles. The summed E-state index contributed by atoms with van der Waals surface area (Å²) in [6.07, 6.45) is 1.72. The lowest BCUT2D eigenvalue weighted by Gasteiger charge is -2.15. The number of aryl methyl sites for hydroxylation is 1. The largest absolute Gasteiger partial charge is 0.338 e. The fourth-order valence-corrected chi connectivity index (χ4v) is 2.25. The van der Waals surface area contributed by atoms with Gasteiger partial charge < -0.3 is 4.90 Å². The second-order valence-corrected chi connectivity index (χ2v) is 4.86. The molecule has 15 heavy (non-hydrogen) atoms. The average molecular weight is 268 g/mol. The molecule has 1 aromatic rings. The topological polar surface area (TPSA) is 20.3 Å². The Balaban J connectivity index is 2.10. The summed E-state index contributed by atoms with van der Waals surface area (Å²) in [7, 11) is 0. The normalized spacial score (nSPS) is 16.1. The summed E-state index contributed by atoms with van der Waals surface area (Å²) in [4.78, 5) is 13.4. The number of halogens is 1. The van der Waals surface area contributed by atoms with Crippen LogP contribution in [0.5, 0.6) is 0 Å². The lowest BCUT2D eigenvalue weighted by molar-refractivity contribution is -0.128. The van der Waals surface area contributed by atoms with Crippen LogP contribution in [0.15, 0.2) is 22.7 Å². The number of amides is 1. The predicted octanol–water partition coefficient (Wildman–Crippen LogP) is 2.88. The molecular weight excluding hydrogens is 254 g/mol. The molecule has 0 N–H and O–H groups in total. The van der Waals surface area contributed by atoms with Gasteiger partial charge in [-0.1, -0.05) is 28.1 Å². The molecule has 1 aliphatic rings. The maximum Gasteiger partial charge on any atom is 0.222 e. The summed E-state index contributed by atoms with van der Waals surface area (Å²) in [6, 6.07) is 6.27. The number of rotatable bonds is 2. The number of hydrogen-bond donors (Lipinski definition) is 0. The zero-order valence-electron chi connectivity index (χ0n) is 8.79. The monoisotopic (exact) mass is 267 g/mol. The van der Waals surface area contributed by atoms with E-state index in [0.717, 1.165) is 24.0 Å². The van der Waals surface area contributed by atoms with E-state index in [0.29, 0.717) is 6.42 Å². The SMILES string of the molecule is Cc1ccc(CN2CCCC2=O)cc1Br. The molecule has 0 atom stereocenters. The number of likely N-dealkylation sites (tertiary alicyclic amines) is 1. The van der Waals surface area contributed by atoms with Crippen LogP contribution in [0.3, 0.4) is 0 Å². The van der Waals surface area contributed by atoms with Crippen molar-refractivity contribution in [3.8, 4) is 0 Å². The highest BCUT2D eigenvalue weighted by atomic mass is 79.9. The third-order valence-electron chi connectivity index (χ3n) is 2.78. The van der Waals surface area contributed by atoms with Gasteiger partial charge in [-0.05, 0) is 30.5 Å². The van der Waals surface area contributed by atoms with Crippen LogP contribution in [-0.2, 0) is 11.3 Å². The summed E-state index contributed by atoms with van der Waals surface area (Å²) in [5.41, 5.74) is 2.43. The van der Waals surface area contributed by atoms with Crippen molar-refractivity contribution in [1.29, 1.82) is 0 Å². The van der Waals surface area contributed by atoms with Crippen molar-refractivity contribution < 1.29 is 4.79 Å². The Morgan fingerprint density at radius 1 is 1.47 bits per heavy atom. The fourth-order valence-electron chi connectivity index (χ4n) is 1.83. The molecule has 1 saturated heterocycles. The van der Waals surface area contributed by atoms with Crippen LogP contribution in [0.25, 0.3) is 0 Å². The third kappa shape index (κ3) is 2.40. The Labute approximate surface area is 98.4 Å². The van der Waals surface area contributed by atoms with Crippen LogP contribution in [0.2, 0.25) is 0 Å². The molecule has 2 nitrogen and oxygen atoms in total. The standard InChI is InChI=1S/C12H14BrNO/c1-9-4-5-10(7-11(9)13)8-14-6-2-3-12(14)15/h4-5,7H,2-3,6,8H2,1H3. The molecule has 0 aliphatic carbocycles. The number of carbonyl (C=O) groups excluding carboxylic acids is 1. The molecule has 0 unspecified atom stereocenters. The first-order valence-corrected chi connectivity index (χ1v) is 5.99. The summed E-state index contributed by atoms with van der Waals surface area (Å²) in [6.45, 7) is 3.72. The van der Waals surface area contributed by atoms with Crippen LogP contribution in [0.4, 0.5) is 0 Å². The lowest BCUT2D eigenvalue weighted by atomic mass is 10.1. The highest BCUT2D eigenvalue weighted by Crippen LogP contribution is 2.20. The molecule has 2 rings (SSSR count). The summed E-state index contributed by atoms with van der Waals surface area (Å²) in [5, 5.41) is 0. The Kier molecular flexibility index (Phi) is 3.10. The van der Waals surface area contributed by atoms with Crippen molar-refractivity contribution in [2.75, 3.05) is 6.54 Å². The Bertz CT molecular complexity index is 389. The van der Waals surface area contributed by atoms with E-state index < -0.39 is 0 Å².